The van der Waals surface area contributed by atoms with Crippen LogP contribution in [0.15, 0.2) is 47.4 Å². The zero-order valence-corrected chi connectivity index (χ0v) is 17.3. The van der Waals surface area contributed by atoms with Gasteiger partial charge in [-0.05, 0) is 42.5 Å². The Hall–Kier alpha value is -3.26. The Kier molecular flexibility index (Phi) is 6.93. The first-order valence-electron chi connectivity index (χ1n) is 8.61. The molecule has 0 atom stereocenters. The van der Waals surface area contributed by atoms with Crippen molar-refractivity contribution in [2.75, 3.05) is 10.0 Å². The Morgan fingerprint density at radius 3 is 2.28 bits per heavy atom. The number of carbonyl (C=O) groups excluding carboxylic acids is 1. The van der Waals surface area contributed by atoms with E-state index >= 15 is 0 Å². The summed E-state index contributed by atoms with van der Waals surface area (Å²) >= 11 is 5.59. The van der Waals surface area contributed by atoms with E-state index in [2.05, 4.69) is 25.3 Å². The van der Waals surface area contributed by atoms with Crippen molar-refractivity contribution in [1.29, 1.82) is 0 Å². The topological polar surface area (TPSA) is 119 Å². The van der Waals surface area contributed by atoms with E-state index in [1.807, 2.05) is 0 Å². The van der Waals surface area contributed by atoms with Gasteiger partial charge in [0, 0.05) is 5.69 Å². The first kappa shape index (κ1) is 23.4. The van der Waals surface area contributed by atoms with Crippen molar-refractivity contribution in [3.63, 3.8) is 0 Å². The van der Waals surface area contributed by atoms with E-state index in [1.165, 1.54) is 36.4 Å². The van der Waals surface area contributed by atoms with E-state index in [0.717, 1.165) is 0 Å². The van der Waals surface area contributed by atoms with Crippen LogP contribution in [-0.4, -0.2) is 34.3 Å². The summed E-state index contributed by atoms with van der Waals surface area (Å²) in [6.07, 6.45) is -6.18. The van der Waals surface area contributed by atoms with Gasteiger partial charge in [-0.25, -0.2) is 26.0 Å². The third-order valence-corrected chi connectivity index (χ3v) is 5.46. The molecule has 1 aromatic carbocycles. The fourth-order valence-corrected chi connectivity index (χ4v) is 3.58. The van der Waals surface area contributed by atoms with Crippen molar-refractivity contribution < 1.29 is 30.8 Å². The molecule has 2 aromatic heterocycles. The van der Waals surface area contributed by atoms with Crippen LogP contribution in [0.1, 0.15) is 24.2 Å². The van der Waals surface area contributed by atoms with Gasteiger partial charge in [0.2, 0.25) is 5.91 Å². The van der Waals surface area contributed by atoms with Crippen LogP contribution in [0.5, 0.6) is 0 Å². The predicted octanol–water partition coefficient (Wildman–Crippen LogP) is 3.64. The molecule has 32 heavy (non-hydrogen) atoms. The van der Waals surface area contributed by atoms with Crippen LogP contribution in [0.4, 0.5) is 29.1 Å². The standard InChI is InChI=1S/C17H13ClF4N6O3S/c18-13-5-6-14(25-24-13)27-32(30,31)10-3-1-9(2-4-10)23-15(29)8-28-12(17(21)22)7-11(26-28)16(19)20/h1-7,16-17H,8H2,(H,23,29)(H,25,27). The average Bonchev–Trinajstić information content (AvgIpc) is 3.14. The maximum Gasteiger partial charge on any atom is 0.282 e. The van der Waals surface area contributed by atoms with Crippen molar-refractivity contribution >= 4 is 39.0 Å². The number of rotatable bonds is 8. The van der Waals surface area contributed by atoms with E-state index < -0.39 is 46.7 Å². The molecule has 0 fully saturated rings. The number of hydrogen-bond acceptors (Lipinski definition) is 6. The normalized spacial score (nSPS) is 11.7. The molecule has 170 valence electrons. The Bertz CT molecular complexity index is 1200. The largest absolute Gasteiger partial charge is 0.324 e. The molecule has 0 spiro atoms. The Morgan fingerprint density at radius 2 is 1.72 bits per heavy atom. The van der Waals surface area contributed by atoms with E-state index in [9.17, 15) is 30.8 Å². The number of carbonyl (C=O) groups is 1. The second-order valence-electron chi connectivity index (χ2n) is 6.17. The maximum absolute atomic E-state index is 13.0. The molecular formula is C17H13ClF4N6O3S. The predicted molar refractivity (Wildman–Crippen MR) is 105 cm³/mol. The SMILES string of the molecule is O=C(Cn1nc(C(F)F)cc1C(F)F)Nc1ccc(S(=O)(=O)Nc2ccc(Cl)nn2)cc1. The molecule has 2 N–H and O–H groups in total. The van der Waals surface area contributed by atoms with Gasteiger partial charge in [0.15, 0.2) is 11.0 Å². The number of sulfonamides is 1. The van der Waals surface area contributed by atoms with Crippen molar-refractivity contribution in [2.24, 2.45) is 0 Å². The summed E-state index contributed by atoms with van der Waals surface area (Å²) in [5.41, 5.74) is -1.56. The average molecular weight is 493 g/mol. The summed E-state index contributed by atoms with van der Waals surface area (Å²) in [6.45, 7) is -0.747. The van der Waals surface area contributed by atoms with Gasteiger partial charge in [0.25, 0.3) is 22.9 Å². The second-order valence-corrected chi connectivity index (χ2v) is 8.24. The van der Waals surface area contributed by atoms with E-state index in [1.54, 1.807) is 0 Å². The Balaban J connectivity index is 1.68. The summed E-state index contributed by atoms with van der Waals surface area (Å²) in [5, 5.41) is 12.8. The lowest BCUT2D eigenvalue weighted by molar-refractivity contribution is -0.117. The molecule has 0 aliphatic carbocycles. The molecular weight excluding hydrogens is 480 g/mol. The van der Waals surface area contributed by atoms with Gasteiger partial charge in [-0.2, -0.15) is 5.10 Å². The minimum Gasteiger partial charge on any atom is -0.324 e. The zero-order valence-electron chi connectivity index (χ0n) is 15.7. The van der Waals surface area contributed by atoms with Crippen molar-refractivity contribution in [3.8, 4) is 0 Å². The van der Waals surface area contributed by atoms with Gasteiger partial charge in [-0.15, -0.1) is 10.2 Å². The third kappa shape index (κ3) is 5.70. The molecule has 2 heterocycles. The van der Waals surface area contributed by atoms with E-state index in [-0.39, 0.29) is 21.6 Å². The van der Waals surface area contributed by atoms with Gasteiger partial charge in [-0.1, -0.05) is 11.6 Å². The number of aromatic nitrogens is 4. The molecule has 3 rings (SSSR count). The minimum absolute atomic E-state index is 0.0657. The Labute approximate surface area is 183 Å². The highest BCUT2D eigenvalue weighted by molar-refractivity contribution is 7.92. The van der Waals surface area contributed by atoms with Crippen LogP contribution >= 0.6 is 11.6 Å². The lowest BCUT2D eigenvalue weighted by atomic mass is 10.3. The Morgan fingerprint density at radius 1 is 1.03 bits per heavy atom. The summed E-state index contributed by atoms with van der Waals surface area (Å²) in [5.74, 6) is -0.898. The van der Waals surface area contributed by atoms with Gasteiger partial charge < -0.3 is 5.32 Å². The first-order chi connectivity index (χ1) is 15.0. The monoisotopic (exact) mass is 492 g/mol. The molecule has 3 aromatic rings. The highest BCUT2D eigenvalue weighted by Gasteiger charge is 2.22. The smallest absolute Gasteiger partial charge is 0.282 e. The van der Waals surface area contributed by atoms with Crippen LogP contribution < -0.4 is 10.0 Å². The summed E-state index contributed by atoms with van der Waals surface area (Å²) in [7, 11) is -4.02. The summed E-state index contributed by atoms with van der Waals surface area (Å²) in [6, 6.07) is 8.03. The first-order valence-corrected chi connectivity index (χ1v) is 10.5. The highest BCUT2D eigenvalue weighted by atomic mass is 35.5. The number of anilines is 2. The molecule has 0 bridgehead atoms. The van der Waals surface area contributed by atoms with Crippen molar-refractivity contribution in [1.82, 2.24) is 20.0 Å². The summed E-state index contributed by atoms with van der Waals surface area (Å²) in [4.78, 5) is 12.0. The molecule has 1 amide bonds. The molecule has 0 radical (unpaired) electrons. The number of amides is 1. The third-order valence-electron chi connectivity index (χ3n) is 3.89. The molecule has 9 nitrogen and oxygen atoms in total. The van der Waals surface area contributed by atoms with Crippen LogP contribution in [-0.2, 0) is 21.4 Å². The van der Waals surface area contributed by atoms with Crippen LogP contribution in [0.2, 0.25) is 5.15 Å². The number of halogens is 5. The second kappa shape index (κ2) is 9.48. The lowest BCUT2D eigenvalue weighted by Crippen LogP contribution is -2.21. The van der Waals surface area contributed by atoms with E-state index in [0.29, 0.717) is 10.7 Å². The quantitative estimate of drug-likeness (QED) is 0.463. The fraction of sp³-hybridized carbons (Fsp3) is 0.176. The van der Waals surface area contributed by atoms with Crippen molar-refractivity contribution in [2.45, 2.75) is 24.3 Å². The van der Waals surface area contributed by atoms with Gasteiger partial charge in [-0.3, -0.25) is 14.2 Å². The van der Waals surface area contributed by atoms with Crippen LogP contribution in [0.3, 0.4) is 0 Å². The molecule has 0 saturated carbocycles. The van der Waals surface area contributed by atoms with E-state index in [4.69, 9.17) is 11.6 Å². The number of alkyl halides is 4. The highest BCUT2D eigenvalue weighted by Crippen LogP contribution is 2.25. The van der Waals surface area contributed by atoms with Gasteiger partial charge in [0.1, 0.15) is 17.9 Å². The molecule has 0 aliphatic rings. The van der Waals surface area contributed by atoms with Gasteiger partial charge >= 0.3 is 0 Å². The van der Waals surface area contributed by atoms with Crippen molar-refractivity contribution in [3.05, 3.63) is 59.0 Å². The summed E-state index contributed by atoms with van der Waals surface area (Å²) < 4.78 is 78.8. The number of benzene rings is 1. The van der Waals surface area contributed by atoms with Crippen LogP contribution in [0, 0.1) is 0 Å². The lowest BCUT2D eigenvalue weighted by Gasteiger charge is -2.10. The zero-order chi connectivity index (χ0) is 23.5. The molecule has 0 unspecified atom stereocenters. The van der Waals surface area contributed by atoms with Crippen LogP contribution in [0.25, 0.3) is 0 Å². The molecule has 0 aliphatic heterocycles. The maximum atomic E-state index is 13.0. The number of nitrogens with one attached hydrogen (secondary N) is 2. The number of hydrogen-bond donors (Lipinski definition) is 2. The number of nitrogens with zero attached hydrogens (tertiary/aromatic N) is 4. The molecule has 15 heteroatoms. The fourth-order valence-electron chi connectivity index (χ4n) is 2.48. The minimum atomic E-state index is -4.02. The van der Waals surface area contributed by atoms with Gasteiger partial charge in [0.05, 0.1) is 4.90 Å². The molecule has 0 saturated heterocycles.